The Bertz CT molecular complexity index is 5860. The number of fused-ring (bicyclic) bond motifs is 12. The number of benzene rings is 16. The first-order chi connectivity index (χ1) is 52.5. The minimum Gasteiger partial charge on any atom is -0.310 e. The standard InChI is InChI=1S/C52H39N.C28H24.C25H17Br/c1-51(2)47-24-14-12-22-43(47)45-32-30-41(34-49(45)51)53(40-28-26-37(27-29-40)36-16-6-3-7-17-36)42-31-33-46-44-23-13-15-25-48(44)52(50(46)35-42,38-18-8-4-9-19-38)39-20-10-5-11-21-39;1-28(2)26-11-7-6-10-24(26)25-17-14-21(19-27(25)28)18-20-12-15-23(16-13-20)22-8-4-3-5-9-22;26-20-15-16-22-21-13-7-8-14-23(21)25(24(22)17-20,18-9-3-1-4-10-18)19-11-5-2-6-12-19/h3-35H,1-2H3;3-17,19H,18H2,1-2H3;1-17H. The number of hydrogen-bond donors (Lipinski definition) is 0. The Balaban J connectivity index is 0.000000126. The van der Waals surface area contributed by atoms with Crippen molar-refractivity contribution in [2.24, 2.45) is 0 Å². The van der Waals surface area contributed by atoms with E-state index in [1.165, 1.54) is 145 Å². The Hall–Kier alpha value is -12.2. The van der Waals surface area contributed by atoms with Crippen LogP contribution < -0.4 is 4.90 Å². The molecule has 0 amide bonds. The topological polar surface area (TPSA) is 3.24 Å². The molecule has 0 radical (unpaired) electrons. The van der Waals surface area contributed by atoms with Crippen LogP contribution in [-0.2, 0) is 28.1 Å². The van der Waals surface area contributed by atoms with Crippen LogP contribution in [0.1, 0.15) is 106 Å². The lowest BCUT2D eigenvalue weighted by Gasteiger charge is -2.35. The zero-order valence-electron chi connectivity index (χ0n) is 60.6. The van der Waals surface area contributed by atoms with Gasteiger partial charge in [-0.25, -0.2) is 0 Å². The average molecular weight is 1440 g/mol. The summed E-state index contributed by atoms with van der Waals surface area (Å²) in [6, 6.07) is 147. The molecule has 4 aliphatic rings. The lowest BCUT2D eigenvalue weighted by molar-refractivity contribution is 0.659. The highest BCUT2D eigenvalue weighted by Crippen LogP contribution is 2.60. The van der Waals surface area contributed by atoms with Crippen LogP contribution >= 0.6 is 15.9 Å². The van der Waals surface area contributed by atoms with Crippen LogP contribution in [0.5, 0.6) is 0 Å². The van der Waals surface area contributed by atoms with E-state index in [-0.39, 0.29) is 16.2 Å². The van der Waals surface area contributed by atoms with Gasteiger partial charge in [0.1, 0.15) is 0 Å². The SMILES string of the molecule is Brc1ccc2c(c1)C(c1ccccc1)(c1ccccc1)c1ccccc1-2.CC1(C)c2ccccc2-c2ccc(Cc3ccc(-c4ccccc4)cc3)cc21.CC1(C)c2ccccc2-c2ccc(N(c3ccc(-c4ccccc4)cc3)c3ccc4c(c3)C(c3ccccc3)(c3ccccc3)c3ccccc3-4)cc21. The highest BCUT2D eigenvalue weighted by atomic mass is 79.9. The first-order valence-electron chi connectivity index (χ1n) is 37.4. The summed E-state index contributed by atoms with van der Waals surface area (Å²) in [5.74, 6) is 0. The third-order valence-corrected chi connectivity index (χ3v) is 23.8. The molecule has 0 unspecified atom stereocenters. The molecule has 0 atom stereocenters. The predicted molar refractivity (Wildman–Crippen MR) is 452 cm³/mol. The van der Waals surface area contributed by atoms with Crippen molar-refractivity contribution in [1.29, 1.82) is 0 Å². The van der Waals surface area contributed by atoms with Gasteiger partial charge in [-0.05, 0) is 200 Å². The summed E-state index contributed by atoms with van der Waals surface area (Å²) in [7, 11) is 0. The number of hydrogen-bond acceptors (Lipinski definition) is 1. The second kappa shape index (κ2) is 27.4. The third-order valence-electron chi connectivity index (χ3n) is 23.3. The van der Waals surface area contributed by atoms with E-state index in [1.54, 1.807) is 0 Å². The monoisotopic (exact) mass is 1430 g/mol. The van der Waals surface area contributed by atoms with Gasteiger partial charge in [0, 0.05) is 32.4 Å². The quantitative estimate of drug-likeness (QED) is 0.125. The molecule has 16 aromatic carbocycles. The Morgan fingerprint density at radius 1 is 0.215 bits per heavy atom. The summed E-state index contributed by atoms with van der Waals surface area (Å²) in [5, 5.41) is 0. The maximum Gasteiger partial charge on any atom is 0.0714 e. The van der Waals surface area contributed by atoms with E-state index in [0.717, 1.165) is 28.0 Å². The van der Waals surface area contributed by atoms with Crippen LogP contribution in [0.2, 0.25) is 0 Å². The van der Waals surface area contributed by atoms with Gasteiger partial charge in [-0.2, -0.15) is 0 Å². The minimum atomic E-state index is -0.477. The molecule has 0 saturated carbocycles. The van der Waals surface area contributed by atoms with Crippen molar-refractivity contribution in [3.05, 3.63) is 483 Å². The van der Waals surface area contributed by atoms with Crippen molar-refractivity contribution in [2.45, 2.75) is 55.8 Å². The van der Waals surface area contributed by atoms with Crippen LogP contribution in [0.4, 0.5) is 17.1 Å². The summed E-state index contributed by atoms with van der Waals surface area (Å²) in [6.07, 6.45) is 0.967. The fourth-order valence-electron chi connectivity index (χ4n) is 18.2. The van der Waals surface area contributed by atoms with Gasteiger partial charge >= 0.3 is 0 Å². The molecule has 1 nitrogen and oxygen atoms in total. The molecule has 0 aliphatic heterocycles. The molecule has 0 bridgehead atoms. The molecule has 107 heavy (non-hydrogen) atoms. The molecule has 0 fully saturated rings. The predicted octanol–water partition coefficient (Wildman–Crippen LogP) is 27.6. The number of anilines is 3. The third kappa shape index (κ3) is 11.4. The molecule has 0 N–H and O–H groups in total. The zero-order chi connectivity index (χ0) is 72.3. The molecule has 512 valence electrons. The largest absolute Gasteiger partial charge is 0.310 e. The molecule has 0 spiro atoms. The van der Waals surface area contributed by atoms with Crippen LogP contribution in [0.25, 0.3) is 66.8 Å². The zero-order valence-corrected chi connectivity index (χ0v) is 62.2. The molecular weight excluding hydrogens is 1360 g/mol. The van der Waals surface area contributed by atoms with E-state index in [4.69, 9.17) is 0 Å². The fourth-order valence-corrected chi connectivity index (χ4v) is 18.6. The van der Waals surface area contributed by atoms with E-state index in [1.807, 2.05) is 0 Å². The number of rotatable bonds is 11. The van der Waals surface area contributed by atoms with Crippen LogP contribution in [0.15, 0.2) is 405 Å². The fraction of sp³-hybridized carbons (Fsp3) is 0.0857. The Morgan fingerprint density at radius 3 is 0.925 bits per heavy atom. The summed E-state index contributed by atoms with van der Waals surface area (Å²) >= 11 is 3.71. The van der Waals surface area contributed by atoms with Gasteiger partial charge < -0.3 is 4.90 Å². The molecule has 20 rings (SSSR count). The van der Waals surface area contributed by atoms with Crippen LogP contribution in [-0.4, -0.2) is 0 Å². The maximum absolute atomic E-state index is 3.71. The second-order valence-corrected chi connectivity index (χ2v) is 30.8. The maximum atomic E-state index is 3.71. The smallest absolute Gasteiger partial charge is 0.0714 e. The molecule has 0 saturated heterocycles. The van der Waals surface area contributed by atoms with E-state index < -0.39 is 5.41 Å². The van der Waals surface area contributed by atoms with Gasteiger partial charge in [-0.3, -0.25) is 0 Å². The highest BCUT2D eigenvalue weighted by molar-refractivity contribution is 9.10. The van der Waals surface area contributed by atoms with Crippen molar-refractivity contribution in [2.75, 3.05) is 4.90 Å². The number of halogens is 1. The molecular formula is C105H80BrN. The van der Waals surface area contributed by atoms with Crippen LogP contribution in [0, 0.1) is 0 Å². The van der Waals surface area contributed by atoms with E-state index in [2.05, 4.69) is 449 Å². The van der Waals surface area contributed by atoms with Gasteiger partial charge in [-0.1, -0.05) is 395 Å². The van der Waals surface area contributed by atoms with Gasteiger partial charge in [-0.15, -0.1) is 0 Å². The van der Waals surface area contributed by atoms with Crippen LogP contribution in [0.3, 0.4) is 0 Å². The van der Waals surface area contributed by atoms with Gasteiger partial charge in [0.15, 0.2) is 0 Å². The molecule has 2 heteroatoms. The first kappa shape index (κ1) is 66.7. The molecule has 4 aliphatic carbocycles. The van der Waals surface area contributed by atoms with Gasteiger partial charge in [0.25, 0.3) is 0 Å². The minimum absolute atomic E-state index is 0.0686. The number of nitrogens with zero attached hydrogens (tertiary/aromatic N) is 1. The Labute approximate surface area is 638 Å². The molecule has 16 aromatic rings. The molecule has 0 aromatic heterocycles. The van der Waals surface area contributed by atoms with Gasteiger partial charge in [0.05, 0.1) is 10.8 Å². The summed E-state index contributed by atoms with van der Waals surface area (Å²) in [4.78, 5) is 2.46. The summed E-state index contributed by atoms with van der Waals surface area (Å²) in [5.41, 5.74) is 37.0. The lowest BCUT2D eigenvalue weighted by atomic mass is 9.67. The van der Waals surface area contributed by atoms with E-state index in [0.29, 0.717) is 0 Å². The van der Waals surface area contributed by atoms with Crippen molar-refractivity contribution < 1.29 is 0 Å². The summed E-state index contributed by atoms with van der Waals surface area (Å²) < 4.78 is 1.11. The normalized spacial score (nSPS) is 14.0. The van der Waals surface area contributed by atoms with E-state index >= 15 is 0 Å². The van der Waals surface area contributed by atoms with E-state index in [9.17, 15) is 0 Å². The molecule has 0 heterocycles. The van der Waals surface area contributed by atoms with Gasteiger partial charge in [0.2, 0.25) is 0 Å². The van der Waals surface area contributed by atoms with Crippen molar-refractivity contribution in [3.63, 3.8) is 0 Å². The Kier molecular flexibility index (Phi) is 17.1. The average Bonchev–Trinajstić information content (AvgIpc) is 1.54. The van der Waals surface area contributed by atoms with Crippen molar-refractivity contribution in [3.8, 4) is 66.8 Å². The Morgan fingerprint density at radius 2 is 0.495 bits per heavy atom. The van der Waals surface area contributed by atoms with Crippen molar-refractivity contribution >= 4 is 33.0 Å². The summed E-state index contributed by atoms with van der Waals surface area (Å²) in [6.45, 7) is 9.41. The first-order valence-corrected chi connectivity index (χ1v) is 38.2. The lowest BCUT2D eigenvalue weighted by Crippen LogP contribution is -2.28. The van der Waals surface area contributed by atoms with Crippen molar-refractivity contribution in [1.82, 2.24) is 0 Å². The second-order valence-electron chi connectivity index (χ2n) is 29.9. The highest BCUT2D eigenvalue weighted by Gasteiger charge is 2.48.